The van der Waals surface area contributed by atoms with Crippen LogP contribution < -0.4 is 0 Å². The zero-order chi connectivity index (χ0) is 17.7. The number of aryl methyl sites for hydroxylation is 2. The fourth-order valence-corrected chi connectivity index (χ4v) is 2.92. The molecule has 0 N–H and O–H groups in total. The molecule has 0 spiro atoms. The Bertz CT molecular complexity index is 783. The van der Waals surface area contributed by atoms with E-state index in [0.717, 1.165) is 33.9 Å². The van der Waals surface area contributed by atoms with E-state index in [1.165, 1.54) is 11.3 Å². The lowest BCUT2D eigenvalue weighted by molar-refractivity contribution is 0.0996. The largest absolute Gasteiger partial charge is 0.366 e. The van der Waals surface area contributed by atoms with E-state index in [1.54, 1.807) is 5.38 Å². The fraction of sp³-hybridized carbons (Fsp3) is 0.353. The number of rotatable bonds is 6. The lowest BCUT2D eigenvalue weighted by Crippen LogP contribution is -2.14. The molecule has 0 atom stereocenters. The molecule has 1 amide bonds. The van der Waals surface area contributed by atoms with Crippen LogP contribution in [0.5, 0.6) is 0 Å². The number of thiazole rings is 1. The number of benzene rings is 1. The van der Waals surface area contributed by atoms with E-state index in [4.69, 9.17) is 0 Å². The van der Waals surface area contributed by atoms with E-state index < -0.39 is 5.91 Å². The van der Waals surface area contributed by atoms with E-state index in [2.05, 4.69) is 34.2 Å². The lowest BCUT2D eigenvalue weighted by Gasteiger charge is -2.11. The molecule has 0 saturated heterocycles. The summed E-state index contributed by atoms with van der Waals surface area (Å²) in [7, 11) is 1.98. The molecular formula is C17H20N4O2S. The summed E-state index contributed by atoms with van der Waals surface area (Å²) >= 11 is 1.36. The van der Waals surface area contributed by atoms with Crippen molar-refractivity contribution < 1.29 is 4.79 Å². The molecule has 0 aliphatic heterocycles. The van der Waals surface area contributed by atoms with Crippen molar-refractivity contribution in [2.75, 3.05) is 13.6 Å². The first-order chi connectivity index (χ1) is 11.4. The van der Waals surface area contributed by atoms with Gasteiger partial charge in [0.05, 0.1) is 17.0 Å². The van der Waals surface area contributed by atoms with Crippen molar-refractivity contribution in [2.45, 2.75) is 27.2 Å². The Hall–Kier alpha value is -2.41. The molecule has 24 heavy (non-hydrogen) atoms. The Kier molecular flexibility index (Phi) is 5.92. The quantitative estimate of drug-likeness (QED) is 0.453. The van der Waals surface area contributed by atoms with Crippen LogP contribution in [0.2, 0.25) is 0 Å². The van der Waals surface area contributed by atoms with E-state index in [0.29, 0.717) is 6.42 Å². The van der Waals surface area contributed by atoms with Gasteiger partial charge in [0.15, 0.2) is 0 Å². The number of carbonyl (C=O) groups is 1. The molecule has 1 aromatic carbocycles. The molecule has 6 nitrogen and oxygen atoms in total. The SMILES string of the molecule is CCN(C)/C=N/c1cc(C)c(Cc2nc(C(=O)N=O)cs2)cc1C. The number of amides is 1. The van der Waals surface area contributed by atoms with Gasteiger partial charge in [-0.2, -0.15) is 0 Å². The number of aromatic nitrogens is 1. The van der Waals surface area contributed by atoms with Gasteiger partial charge in [0.25, 0.3) is 0 Å². The molecule has 0 aliphatic rings. The van der Waals surface area contributed by atoms with Crippen LogP contribution in [0.1, 0.15) is 39.1 Å². The van der Waals surface area contributed by atoms with Crippen LogP contribution in [0.25, 0.3) is 0 Å². The molecule has 0 fully saturated rings. The third-order valence-electron chi connectivity index (χ3n) is 3.74. The highest BCUT2D eigenvalue weighted by Gasteiger charge is 2.12. The number of hydrogen-bond donors (Lipinski definition) is 0. The molecule has 1 aromatic heterocycles. The summed E-state index contributed by atoms with van der Waals surface area (Å²) in [5, 5.41) is 4.75. The van der Waals surface area contributed by atoms with Gasteiger partial charge >= 0.3 is 5.91 Å². The third kappa shape index (κ3) is 4.32. The van der Waals surface area contributed by atoms with E-state index in [1.807, 2.05) is 32.1 Å². The smallest absolute Gasteiger partial charge is 0.335 e. The fourth-order valence-electron chi connectivity index (χ4n) is 2.13. The van der Waals surface area contributed by atoms with Gasteiger partial charge in [-0.3, -0.25) is 4.79 Å². The summed E-state index contributed by atoms with van der Waals surface area (Å²) in [4.78, 5) is 32.2. The molecule has 0 bridgehead atoms. The van der Waals surface area contributed by atoms with Crippen molar-refractivity contribution in [1.82, 2.24) is 9.88 Å². The van der Waals surface area contributed by atoms with Gasteiger partial charge in [-0.1, -0.05) is 6.07 Å². The van der Waals surface area contributed by atoms with Gasteiger partial charge in [-0.05, 0) is 43.5 Å². The average molecular weight is 344 g/mol. The average Bonchev–Trinajstić information content (AvgIpc) is 3.04. The molecule has 126 valence electrons. The van der Waals surface area contributed by atoms with Gasteiger partial charge < -0.3 is 4.90 Å². The van der Waals surface area contributed by atoms with E-state index in [-0.39, 0.29) is 5.69 Å². The van der Waals surface area contributed by atoms with Gasteiger partial charge in [0.1, 0.15) is 5.69 Å². The normalized spacial score (nSPS) is 11.0. The van der Waals surface area contributed by atoms with Gasteiger partial charge in [-0.15, -0.1) is 16.2 Å². The van der Waals surface area contributed by atoms with Crippen LogP contribution >= 0.6 is 11.3 Å². The molecule has 2 rings (SSSR count). The van der Waals surface area contributed by atoms with Crippen LogP contribution in [0.15, 0.2) is 27.7 Å². The highest BCUT2D eigenvalue weighted by atomic mass is 32.1. The van der Waals surface area contributed by atoms with Crippen molar-refractivity contribution in [1.29, 1.82) is 0 Å². The maximum atomic E-state index is 11.2. The van der Waals surface area contributed by atoms with Crippen molar-refractivity contribution in [3.63, 3.8) is 0 Å². The maximum Gasteiger partial charge on any atom is 0.335 e. The number of nitroso groups, excluding NO2 is 1. The standard InChI is InChI=1S/C17H20N4O2S/c1-5-21(4)10-18-14-7-11(2)13(6-12(14)3)8-16-19-15(9-24-16)17(22)20-23/h6-7,9-10H,5,8H2,1-4H3/b18-10+. The number of hydrogen-bond acceptors (Lipinski definition) is 5. The monoisotopic (exact) mass is 344 g/mol. The van der Waals surface area contributed by atoms with Crippen molar-refractivity contribution in [2.24, 2.45) is 10.2 Å². The molecule has 0 unspecified atom stereocenters. The van der Waals surface area contributed by atoms with E-state index >= 15 is 0 Å². The highest BCUT2D eigenvalue weighted by molar-refractivity contribution is 7.09. The van der Waals surface area contributed by atoms with Crippen LogP contribution in [0.3, 0.4) is 0 Å². The summed E-state index contributed by atoms with van der Waals surface area (Å²) in [6, 6.07) is 4.14. The first kappa shape index (κ1) is 17.9. The minimum Gasteiger partial charge on any atom is -0.366 e. The Morgan fingerprint density at radius 2 is 2.08 bits per heavy atom. The third-order valence-corrected chi connectivity index (χ3v) is 4.59. The summed E-state index contributed by atoms with van der Waals surface area (Å²) in [6.45, 7) is 7.03. The van der Waals surface area contributed by atoms with Crippen molar-refractivity contribution in [3.05, 3.63) is 49.8 Å². The Morgan fingerprint density at radius 3 is 2.75 bits per heavy atom. The number of nitrogens with zero attached hydrogens (tertiary/aromatic N) is 4. The second-order valence-electron chi connectivity index (χ2n) is 5.58. The summed E-state index contributed by atoms with van der Waals surface area (Å²) in [6.07, 6.45) is 2.44. The molecule has 0 saturated carbocycles. The van der Waals surface area contributed by atoms with Crippen LogP contribution in [0, 0.1) is 18.8 Å². The maximum absolute atomic E-state index is 11.2. The molecule has 7 heteroatoms. The summed E-state index contributed by atoms with van der Waals surface area (Å²) in [5.41, 5.74) is 4.38. The van der Waals surface area contributed by atoms with Crippen LogP contribution in [-0.4, -0.2) is 35.7 Å². The molecule has 0 radical (unpaired) electrons. The zero-order valence-corrected chi connectivity index (χ0v) is 15.1. The molecular weight excluding hydrogens is 324 g/mol. The minimum absolute atomic E-state index is 0.114. The topological polar surface area (TPSA) is 75.0 Å². The summed E-state index contributed by atoms with van der Waals surface area (Å²) < 4.78 is 0. The van der Waals surface area contributed by atoms with Gasteiger partial charge in [-0.25, -0.2) is 9.98 Å². The molecule has 2 aromatic rings. The van der Waals surface area contributed by atoms with Crippen molar-refractivity contribution >= 4 is 29.3 Å². The minimum atomic E-state index is -0.824. The first-order valence-corrected chi connectivity index (χ1v) is 8.49. The number of carbonyl (C=O) groups excluding carboxylic acids is 1. The Morgan fingerprint density at radius 1 is 1.33 bits per heavy atom. The molecule has 1 heterocycles. The number of aliphatic imine (C=N–C) groups is 1. The second-order valence-corrected chi connectivity index (χ2v) is 6.53. The van der Waals surface area contributed by atoms with Gasteiger partial charge in [0, 0.05) is 30.6 Å². The predicted molar refractivity (Wildman–Crippen MR) is 97.4 cm³/mol. The second kappa shape index (κ2) is 7.92. The van der Waals surface area contributed by atoms with Gasteiger partial charge in [0.2, 0.25) is 0 Å². The first-order valence-electron chi connectivity index (χ1n) is 7.61. The van der Waals surface area contributed by atoms with Crippen molar-refractivity contribution in [3.8, 4) is 0 Å². The lowest BCUT2D eigenvalue weighted by atomic mass is 10.0. The van der Waals surface area contributed by atoms with E-state index in [9.17, 15) is 9.70 Å². The highest BCUT2D eigenvalue weighted by Crippen LogP contribution is 2.26. The van der Waals surface area contributed by atoms with Crippen LogP contribution in [-0.2, 0) is 6.42 Å². The zero-order valence-electron chi connectivity index (χ0n) is 14.2. The summed E-state index contributed by atoms with van der Waals surface area (Å²) in [5.74, 6) is -0.824. The molecule has 0 aliphatic carbocycles. The Labute approximate surface area is 145 Å². The predicted octanol–water partition coefficient (Wildman–Crippen LogP) is 3.87. The Balaban J connectivity index is 2.21. The van der Waals surface area contributed by atoms with Crippen LogP contribution in [0.4, 0.5) is 5.69 Å².